The van der Waals surface area contributed by atoms with Crippen molar-refractivity contribution in [3.8, 4) is 0 Å². The average molecular weight is 1010 g/mol. The van der Waals surface area contributed by atoms with Crippen LogP contribution in [0.15, 0.2) is 12.2 Å². The average Bonchev–Trinajstić information content (AvgIpc) is 3.32. The number of nitrogens with zero attached hydrogens (tertiary/aromatic N) is 1. The Kier molecular flexibility index (Phi) is 52.5. The van der Waals surface area contributed by atoms with Crippen LogP contribution in [0, 0.1) is 0 Å². The number of carbonyl (C=O) groups is 1. The van der Waals surface area contributed by atoms with Crippen LogP contribution in [0.25, 0.3) is 0 Å². The number of phosphoric ester groups is 1. The number of phosphoric acid groups is 1. The number of aliphatic hydroxyl groups is 1. The van der Waals surface area contributed by atoms with Gasteiger partial charge in [0.05, 0.1) is 39.9 Å². The fourth-order valence-electron chi connectivity index (χ4n) is 9.63. The zero-order valence-corrected chi connectivity index (χ0v) is 48.6. The first kappa shape index (κ1) is 69.2. The van der Waals surface area contributed by atoms with Crippen molar-refractivity contribution in [1.29, 1.82) is 0 Å². The lowest BCUT2D eigenvalue weighted by Crippen LogP contribution is -2.45. The summed E-state index contributed by atoms with van der Waals surface area (Å²) in [5.41, 5.74) is 0. The number of aliphatic hydroxyl groups excluding tert-OH is 1. The number of hydrogen-bond donors (Lipinski definition) is 2. The van der Waals surface area contributed by atoms with E-state index < -0.39 is 20.0 Å². The van der Waals surface area contributed by atoms with E-state index in [2.05, 4.69) is 19.2 Å². The minimum atomic E-state index is -4.59. The molecule has 0 heterocycles. The molecule has 0 spiro atoms. The first-order valence-corrected chi connectivity index (χ1v) is 32.5. The van der Waals surface area contributed by atoms with Crippen molar-refractivity contribution in [2.24, 2.45) is 0 Å². The summed E-state index contributed by atoms with van der Waals surface area (Å²) in [4.78, 5) is 25.5. The summed E-state index contributed by atoms with van der Waals surface area (Å²) >= 11 is 0. The highest BCUT2D eigenvalue weighted by Gasteiger charge is 2.23. The summed E-state index contributed by atoms with van der Waals surface area (Å²) in [7, 11) is 1.28. The maximum absolute atomic E-state index is 13.0. The maximum Gasteiger partial charge on any atom is 0.268 e. The van der Waals surface area contributed by atoms with Gasteiger partial charge in [0.1, 0.15) is 13.2 Å². The Morgan fingerprint density at radius 2 is 0.771 bits per heavy atom. The molecule has 3 unspecified atom stereocenters. The topological polar surface area (TPSA) is 108 Å². The Labute approximate surface area is 437 Å². The van der Waals surface area contributed by atoms with Crippen LogP contribution in [0.4, 0.5) is 0 Å². The molecule has 9 heteroatoms. The standard InChI is InChI=1S/C61H123N2O6P/c1-6-8-10-12-14-16-18-20-22-24-26-28-29-30-31-32-33-34-35-37-39-41-43-45-47-49-51-53-55-61(65)62-59(58-69-70(66,67)68-57-56-63(3,4)5)60(64)54-52-50-48-46-44-42-40-38-36-27-25-23-21-19-17-15-13-11-9-7-2/h52,54,59-60,64H,6-51,53,55-58H2,1-5H3,(H-,62,65,66,67)/b54-52+. The molecule has 0 aromatic carbocycles. The van der Waals surface area contributed by atoms with E-state index in [-0.39, 0.29) is 19.1 Å². The third kappa shape index (κ3) is 55.0. The monoisotopic (exact) mass is 1010 g/mol. The summed E-state index contributed by atoms with van der Waals surface area (Å²) in [6.45, 7) is 4.71. The van der Waals surface area contributed by atoms with Gasteiger partial charge in [-0.15, -0.1) is 0 Å². The predicted octanol–water partition coefficient (Wildman–Crippen LogP) is 18.4. The van der Waals surface area contributed by atoms with Gasteiger partial charge in [0.25, 0.3) is 7.82 Å². The molecular weight excluding hydrogens is 888 g/mol. The summed E-state index contributed by atoms with van der Waals surface area (Å²) in [6.07, 6.45) is 65.9. The first-order chi connectivity index (χ1) is 34.0. The van der Waals surface area contributed by atoms with Gasteiger partial charge in [0.15, 0.2) is 0 Å². The van der Waals surface area contributed by atoms with Gasteiger partial charge in [-0.05, 0) is 19.3 Å². The molecule has 3 atom stereocenters. The first-order valence-electron chi connectivity index (χ1n) is 31.1. The second-order valence-corrected chi connectivity index (χ2v) is 24.2. The molecule has 0 saturated heterocycles. The Morgan fingerprint density at radius 1 is 0.486 bits per heavy atom. The minimum Gasteiger partial charge on any atom is -0.756 e. The maximum atomic E-state index is 13.0. The van der Waals surface area contributed by atoms with E-state index in [1.54, 1.807) is 6.08 Å². The fourth-order valence-corrected chi connectivity index (χ4v) is 10.4. The third-order valence-electron chi connectivity index (χ3n) is 14.5. The zero-order valence-electron chi connectivity index (χ0n) is 47.8. The molecule has 0 aliphatic carbocycles. The van der Waals surface area contributed by atoms with Crippen molar-refractivity contribution in [2.45, 2.75) is 334 Å². The number of unbranched alkanes of at least 4 members (excludes halogenated alkanes) is 45. The molecule has 0 radical (unpaired) electrons. The van der Waals surface area contributed by atoms with Gasteiger partial charge >= 0.3 is 0 Å². The number of rotatable bonds is 58. The smallest absolute Gasteiger partial charge is 0.268 e. The normalized spacial score (nSPS) is 13.9. The molecule has 8 nitrogen and oxygen atoms in total. The molecule has 2 N–H and O–H groups in total. The second kappa shape index (κ2) is 53.1. The van der Waals surface area contributed by atoms with E-state index in [0.29, 0.717) is 17.4 Å². The van der Waals surface area contributed by atoms with Crippen molar-refractivity contribution in [3.05, 3.63) is 12.2 Å². The highest BCUT2D eigenvalue weighted by molar-refractivity contribution is 7.45. The lowest BCUT2D eigenvalue weighted by atomic mass is 10.0. The van der Waals surface area contributed by atoms with Crippen LogP contribution in [0.2, 0.25) is 0 Å². The van der Waals surface area contributed by atoms with Crippen molar-refractivity contribution < 1.29 is 32.9 Å². The molecule has 418 valence electrons. The van der Waals surface area contributed by atoms with Gasteiger partial charge in [0.2, 0.25) is 5.91 Å². The van der Waals surface area contributed by atoms with E-state index in [0.717, 1.165) is 38.5 Å². The number of quaternary nitrogens is 1. The van der Waals surface area contributed by atoms with Gasteiger partial charge < -0.3 is 28.8 Å². The van der Waals surface area contributed by atoms with E-state index >= 15 is 0 Å². The molecule has 0 saturated carbocycles. The SMILES string of the molecule is CCCCCCCCCCCCCCCCCCCC/C=C/C(O)C(COP(=O)([O-])OCC[N+](C)(C)C)NC(=O)CCCCCCCCCCCCCCCCCCCCCCCCCCCCCC. The van der Waals surface area contributed by atoms with Gasteiger partial charge in [-0.3, -0.25) is 9.36 Å². The Bertz CT molecular complexity index is 1150. The van der Waals surface area contributed by atoms with E-state index in [9.17, 15) is 19.4 Å². The van der Waals surface area contributed by atoms with Crippen LogP contribution in [0.1, 0.15) is 322 Å². The van der Waals surface area contributed by atoms with Crippen molar-refractivity contribution in [2.75, 3.05) is 40.9 Å². The number of carbonyl (C=O) groups excluding carboxylic acids is 1. The highest BCUT2D eigenvalue weighted by Crippen LogP contribution is 2.38. The molecule has 0 aliphatic heterocycles. The predicted molar refractivity (Wildman–Crippen MR) is 302 cm³/mol. The van der Waals surface area contributed by atoms with Crippen molar-refractivity contribution in [1.82, 2.24) is 5.32 Å². The number of allylic oxidation sites excluding steroid dienone is 1. The van der Waals surface area contributed by atoms with Crippen molar-refractivity contribution in [3.63, 3.8) is 0 Å². The molecule has 0 aliphatic rings. The van der Waals surface area contributed by atoms with Crippen LogP contribution in [-0.4, -0.2) is 68.5 Å². The third-order valence-corrected chi connectivity index (χ3v) is 15.5. The number of amides is 1. The Hall–Kier alpha value is -0.760. The molecule has 0 aromatic rings. The summed E-state index contributed by atoms with van der Waals surface area (Å²) < 4.78 is 23.4. The summed E-state index contributed by atoms with van der Waals surface area (Å²) in [5.74, 6) is -0.189. The molecule has 70 heavy (non-hydrogen) atoms. The molecule has 0 fully saturated rings. The number of nitrogens with one attached hydrogen (secondary N) is 1. The quantitative estimate of drug-likeness (QED) is 0.0272. The van der Waals surface area contributed by atoms with Crippen LogP contribution in [0.3, 0.4) is 0 Å². The Morgan fingerprint density at radius 3 is 1.07 bits per heavy atom. The second-order valence-electron chi connectivity index (χ2n) is 22.8. The number of hydrogen-bond acceptors (Lipinski definition) is 6. The van der Waals surface area contributed by atoms with Crippen LogP contribution in [0.5, 0.6) is 0 Å². The van der Waals surface area contributed by atoms with E-state index in [4.69, 9.17) is 9.05 Å². The van der Waals surface area contributed by atoms with Crippen LogP contribution < -0.4 is 10.2 Å². The van der Waals surface area contributed by atoms with Crippen molar-refractivity contribution >= 4 is 13.7 Å². The largest absolute Gasteiger partial charge is 0.756 e. The minimum absolute atomic E-state index is 0.00279. The molecule has 0 aromatic heterocycles. The highest BCUT2D eigenvalue weighted by atomic mass is 31.2. The Balaban J connectivity index is 4.09. The fraction of sp³-hybridized carbons (Fsp3) is 0.951. The van der Waals surface area contributed by atoms with E-state index in [1.807, 2.05) is 27.2 Å². The van der Waals surface area contributed by atoms with Crippen LogP contribution in [-0.2, 0) is 18.4 Å². The molecule has 0 bridgehead atoms. The van der Waals surface area contributed by atoms with Gasteiger partial charge in [-0.1, -0.05) is 309 Å². The van der Waals surface area contributed by atoms with E-state index in [1.165, 1.54) is 263 Å². The summed E-state index contributed by atoms with van der Waals surface area (Å²) in [5, 5.41) is 13.9. The molecule has 0 rings (SSSR count). The number of likely N-dealkylation sites (N-methyl/N-ethyl adjacent to an activating group) is 1. The van der Waals surface area contributed by atoms with Gasteiger partial charge in [0, 0.05) is 6.42 Å². The summed E-state index contributed by atoms with van der Waals surface area (Å²) in [6, 6.07) is -0.882. The molecular formula is C61H123N2O6P. The van der Waals surface area contributed by atoms with Gasteiger partial charge in [-0.2, -0.15) is 0 Å². The van der Waals surface area contributed by atoms with Crippen LogP contribution >= 0.6 is 7.82 Å². The molecule has 1 amide bonds. The lowest BCUT2D eigenvalue weighted by Gasteiger charge is -2.29. The lowest BCUT2D eigenvalue weighted by molar-refractivity contribution is -0.870. The zero-order chi connectivity index (χ0) is 51.3. The van der Waals surface area contributed by atoms with Gasteiger partial charge in [-0.25, -0.2) is 0 Å².